The van der Waals surface area contributed by atoms with Crippen molar-refractivity contribution in [3.8, 4) is 73.2 Å². The fourth-order valence-electron chi connectivity index (χ4n) is 9.99. The molecule has 0 aliphatic rings. The summed E-state index contributed by atoms with van der Waals surface area (Å²) in [6, 6.07) is 86.7. The normalized spacial score (nSPS) is 11.6. The Bertz CT molecular complexity index is 3950. The topological polar surface area (TPSA) is 43.6 Å². The predicted octanol–water partition coefficient (Wildman–Crippen LogP) is 16.4. The summed E-state index contributed by atoms with van der Waals surface area (Å²) in [7, 11) is 0. The Hall–Kier alpha value is -8.99. The van der Waals surface area contributed by atoms with E-state index in [9.17, 15) is 0 Å². The summed E-state index contributed by atoms with van der Waals surface area (Å²) < 4.78 is 2.37. The van der Waals surface area contributed by atoms with Crippen LogP contribution in [0.4, 0.5) is 0 Å². The van der Waals surface area contributed by atoms with Crippen molar-refractivity contribution in [3.05, 3.63) is 243 Å². The molecule has 0 aliphatic heterocycles. The molecule has 4 nitrogen and oxygen atoms in total. The molecule has 0 N–H and O–H groups in total. The van der Waals surface area contributed by atoms with Crippen molar-refractivity contribution in [1.29, 1.82) is 0 Å². The Morgan fingerprint density at radius 1 is 0.209 bits per heavy atom. The Morgan fingerprint density at radius 3 is 1.15 bits per heavy atom. The highest BCUT2D eigenvalue weighted by Crippen LogP contribution is 2.40. The zero-order chi connectivity index (χ0) is 44.3. The van der Waals surface area contributed by atoms with Crippen molar-refractivity contribution in [2.45, 2.75) is 0 Å². The molecule has 0 aliphatic carbocycles. The fraction of sp³-hybridized carbons (Fsp3) is 0. The highest BCUT2D eigenvalue weighted by atomic mass is 15.0. The van der Waals surface area contributed by atoms with Gasteiger partial charge < -0.3 is 4.57 Å². The molecule has 0 bridgehead atoms. The zero-order valence-corrected chi connectivity index (χ0v) is 36.4. The van der Waals surface area contributed by atoms with Gasteiger partial charge in [-0.3, -0.25) is 0 Å². The summed E-state index contributed by atoms with van der Waals surface area (Å²) in [6.07, 6.45) is 0. The van der Waals surface area contributed by atoms with Crippen LogP contribution in [0.5, 0.6) is 0 Å². The maximum Gasteiger partial charge on any atom is 0.164 e. The molecule has 0 atom stereocenters. The molecule has 0 amide bonds. The Kier molecular flexibility index (Phi) is 9.14. The van der Waals surface area contributed by atoms with Crippen molar-refractivity contribution in [3.63, 3.8) is 0 Å². The van der Waals surface area contributed by atoms with E-state index in [0.717, 1.165) is 44.5 Å². The van der Waals surface area contributed by atoms with Crippen molar-refractivity contribution in [2.24, 2.45) is 0 Å². The van der Waals surface area contributed by atoms with Crippen LogP contribution >= 0.6 is 0 Å². The Labute approximate surface area is 387 Å². The van der Waals surface area contributed by atoms with Gasteiger partial charge >= 0.3 is 0 Å². The second kappa shape index (κ2) is 15.9. The van der Waals surface area contributed by atoms with Crippen LogP contribution in [-0.4, -0.2) is 19.5 Å². The maximum atomic E-state index is 5.06. The van der Waals surface area contributed by atoms with Gasteiger partial charge in [0.15, 0.2) is 17.5 Å². The van der Waals surface area contributed by atoms with Gasteiger partial charge in [-0.1, -0.05) is 200 Å². The molecular weight excluding hydrogens is 813 g/mol. The molecule has 0 radical (unpaired) electrons. The number of hydrogen-bond donors (Lipinski definition) is 0. The van der Waals surface area contributed by atoms with Gasteiger partial charge in [0, 0.05) is 33.2 Å². The molecule has 13 rings (SSSR count). The number of para-hydroxylation sites is 1. The van der Waals surface area contributed by atoms with Crippen molar-refractivity contribution < 1.29 is 0 Å². The molecule has 11 aromatic carbocycles. The zero-order valence-electron chi connectivity index (χ0n) is 36.4. The van der Waals surface area contributed by atoms with Gasteiger partial charge in [-0.2, -0.15) is 0 Å². The van der Waals surface area contributed by atoms with Crippen LogP contribution in [0.1, 0.15) is 0 Å². The highest BCUT2D eigenvalue weighted by molar-refractivity contribution is 6.25. The molecule has 0 saturated heterocycles. The van der Waals surface area contributed by atoms with Crippen LogP contribution in [-0.2, 0) is 0 Å². The van der Waals surface area contributed by atoms with Crippen LogP contribution in [0.25, 0.3) is 127 Å². The quantitative estimate of drug-likeness (QED) is 0.150. The van der Waals surface area contributed by atoms with E-state index in [1.807, 2.05) is 60.7 Å². The first kappa shape index (κ1) is 38.5. The molecule has 0 unspecified atom stereocenters. The van der Waals surface area contributed by atoms with E-state index >= 15 is 0 Å². The third-order valence-electron chi connectivity index (χ3n) is 13.2. The van der Waals surface area contributed by atoms with E-state index in [-0.39, 0.29) is 0 Å². The average molecular weight is 853 g/mol. The molecule has 0 spiro atoms. The van der Waals surface area contributed by atoms with Gasteiger partial charge in [0.25, 0.3) is 0 Å². The summed E-state index contributed by atoms with van der Waals surface area (Å²) in [4.78, 5) is 15.0. The first-order chi connectivity index (χ1) is 33.2. The second-order valence-electron chi connectivity index (χ2n) is 17.2. The maximum absolute atomic E-state index is 5.06. The first-order valence-electron chi connectivity index (χ1n) is 22.8. The van der Waals surface area contributed by atoms with Crippen LogP contribution in [0.15, 0.2) is 243 Å². The van der Waals surface area contributed by atoms with Gasteiger partial charge in [-0.25, -0.2) is 15.0 Å². The lowest BCUT2D eigenvalue weighted by molar-refractivity contribution is 1.07. The van der Waals surface area contributed by atoms with Gasteiger partial charge in [0.2, 0.25) is 0 Å². The van der Waals surface area contributed by atoms with Crippen LogP contribution in [0.2, 0.25) is 0 Å². The Morgan fingerprint density at radius 2 is 0.582 bits per heavy atom. The van der Waals surface area contributed by atoms with Gasteiger partial charge in [0.1, 0.15) is 0 Å². The SMILES string of the molecule is c1ccc(-c2nc(-c3ccccc3)nc(-c3cccc(-n4c5ccccc5c5ccc(-c6cccc(-c7cccc(-c8ccc9c%10ccccc%10c%10ccccc%10c9c8)c7)c6)cc54)c3)n2)cc1. The molecule has 312 valence electrons. The summed E-state index contributed by atoms with van der Waals surface area (Å²) >= 11 is 0. The number of rotatable bonds is 7. The number of nitrogens with zero attached hydrogens (tertiary/aromatic N) is 4. The fourth-order valence-corrected chi connectivity index (χ4v) is 9.99. The second-order valence-corrected chi connectivity index (χ2v) is 17.2. The third kappa shape index (κ3) is 6.74. The molecule has 13 aromatic rings. The lowest BCUT2D eigenvalue weighted by Gasteiger charge is -2.13. The summed E-state index contributed by atoms with van der Waals surface area (Å²) in [5.41, 5.74) is 13.2. The Balaban J connectivity index is 0.892. The predicted molar refractivity (Wildman–Crippen MR) is 279 cm³/mol. The monoisotopic (exact) mass is 852 g/mol. The standard InChI is InChI=1S/C63H40N4/c1-3-16-41(17-4-1)61-64-62(42-18-5-2-6-19-42)66-63(65-61)49-24-15-25-50(38-49)67-59-31-12-11-30-56(59)57-35-33-48(40-60(57)67)46-23-14-21-44(37-46)43-20-13-22-45(36-43)47-32-34-55-53-28-8-7-26-51(53)52-27-9-10-29-54(52)58(55)39-47/h1-40H. The van der Waals surface area contributed by atoms with Gasteiger partial charge in [0.05, 0.1) is 11.0 Å². The highest BCUT2D eigenvalue weighted by Gasteiger charge is 2.17. The van der Waals surface area contributed by atoms with Crippen molar-refractivity contribution in [2.75, 3.05) is 0 Å². The minimum absolute atomic E-state index is 0.625. The van der Waals surface area contributed by atoms with Gasteiger partial charge in [-0.15, -0.1) is 0 Å². The molecular formula is C63H40N4. The van der Waals surface area contributed by atoms with E-state index in [2.05, 4.69) is 187 Å². The number of hydrogen-bond acceptors (Lipinski definition) is 3. The van der Waals surface area contributed by atoms with Crippen LogP contribution in [0.3, 0.4) is 0 Å². The molecule has 67 heavy (non-hydrogen) atoms. The average Bonchev–Trinajstić information content (AvgIpc) is 3.75. The largest absolute Gasteiger partial charge is 0.309 e. The van der Waals surface area contributed by atoms with Crippen molar-refractivity contribution >= 4 is 54.1 Å². The summed E-state index contributed by atoms with van der Waals surface area (Å²) in [5, 5.41) is 10.1. The van der Waals surface area contributed by atoms with E-state index in [1.165, 1.54) is 65.3 Å². The first-order valence-corrected chi connectivity index (χ1v) is 22.8. The van der Waals surface area contributed by atoms with Crippen molar-refractivity contribution in [1.82, 2.24) is 19.5 Å². The molecule has 0 saturated carbocycles. The molecule has 2 aromatic heterocycles. The minimum atomic E-state index is 0.625. The number of aromatic nitrogens is 4. The van der Waals surface area contributed by atoms with E-state index in [1.54, 1.807) is 0 Å². The minimum Gasteiger partial charge on any atom is -0.309 e. The lowest BCUT2D eigenvalue weighted by atomic mass is 9.91. The molecule has 0 fully saturated rings. The molecule has 2 heterocycles. The number of fused-ring (bicyclic) bond motifs is 9. The summed E-state index contributed by atoms with van der Waals surface area (Å²) in [5.74, 6) is 1.91. The number of benzene rings is 11. The van der Waals surface area contributed by atoms with Crippen LogP contribution in [0, 0.1) is 0 Å². The molecule has 4 heteroatoms. The third-order valence-corrected chi connectivity index (χ3v) is 13.2. The van der Waals surface area contributed by atoms with Gasteiger partial charge in [-0.05, 0) is 108 Å². The summed E-state index contributed by atoms with van der Waals surface area (Å²) in [6.45, 7) is 0. The lowest BCUT2D eigenvalue weighted by Crippen LogP contribution is -2.01. The van der Waals surface area contributed by atoms with E-state index in [4.69, 9.17) is 15.0 Å². The smallest absolute Gasteiger partial charge is 0.164 e. The van der Waals surface area contributed by atoms with E-state index < -0.39 is 0 Å². The van der Waals surface area contributed by atoms with E-state index in [0.29, 0.717) is 17.5 Å². The van der Waals surface area contributed by atoms with Crippen LogP contribution < -0.4 is 0 Å².